The van der Waals surface area contributed by atoms with Gasteiger partial charge in [0.15, 0.2) is 5.69 Å². The number of anilines is 1. The Labute approximate surface area is 127 Å². The van der Waals surface area contributed by atoms with Crippen molar-refractivity contribution in [1.29, 1.82) is 0 Å². The second-order valence-electron chi connectivity index (χ2n) is 3.58. The molecule has 0 unspecified atom stereocenters. The summed E-state index contributed by atoms with van der Waals surface area (Å²) < 4.78 is 4.47. The number of carboxylic acid groups (broad SMARTS) is 1. The van der Waals surface area contributed by atoms with Gasteiger partial charge in [-0.1, -0.05) is 40.0 Å². The number of nitrogens with zero attached hydrogens (tertiary/aromatic N) is 1. The molecule has 9 heteroatoms. The van der Waals surface area contributed by atoms with Crippen LogP contribution in [0.5, 0.6) is 0 Å². The molecule has 6 nitrogen and oxygen atoms in total. The first-order chi connectivity index (χ1) is 9.38. The van der Waals surface area contributed by atoms with E-state index in [9.17, 15) is 9.59 Å². The maximum absolute atomic E-state index is 11.9. The average Bonchev–Trinajstić information content (AvgIpc) is 2.83. The van der Waals surface area contributed by atoms with Gasteiger partial charge in [-0.25, -0.2) is 4.79 Å². The van der Waals surface area contributed by atoms with Gasteiger partial charge >= 0.3 is 5.97 Å². The number of benzene rings is 1. The second kappa shape index (κ2) is 5.70. The van der Waals surface area contributed by atoms with E-state index < -0.39 is 17.6 Å². The highest BCUT2D eigenvalue weighted by molar-refractivity contribution is 6.42. The predicted octanol–water partition coefficient (Wildman–Crippen LogP) is 3.59. The summed E-state index contributed by atoms with van der Waals surface area (Å²) in [7, 11) is 0. The largest absolute Gasteiger partial charge is 0.475 e. The van der Waals surface area contributed by atoms with Crippen LogP contribution in [0.25, 0.3) is 0 Å². The Kier molecular flexibility index (Phi) is 4.17. The number of carbonyl (C=O) groups is 2. The van der Waals surface area contributed by atoms with Gasteiger partial charge in [0, 0.05) is 11.1 Å². The minimum Gasteiger partial charge on any atom is -0.475 e. The molecule has 2 N–H and O–H groups in total. The summed E-state index contributed by atoms with van der Waals surface area (Å²) in [6.45, 7) is 0. The van der Waals surface area contributed by atoms with Crippen LogP contribution in [-0.2, 0) is 0 Å². The highest BCUT2D eigenvalue weighted by Gasteiger charge is 2.18. The monoisotopic (exact) mass is 334 g/mol. The van der Waals surface area contributed by atoms with E-state index in [4.69, 9.17) is 39.9 Å². The third kappa shape index (κ3) is 3.04. The topological polar surface area (TPSA) is 92.4 Å². The Bertz CT molecular complexity index is 676. The quantitative estimate of drug-likeness (QED) is 0.894. The molecule has 0 aliphatic carbocycles. The third-order valence-electron chi connectivity index (χ3n) is 2.20. The van der Waals surface area contributed by atoms with Crippen molar-refractivity contribution < 1.29 is 19.2 Å². The molecule has 1 amide bonds. The van der Waals surface area contributed by atoms with Crippen LogP contribution >= 0.6 is 34.8 Å². The van der Waals surface area contributed by atoms with Crippen molar-refractivity contribution in [2.24, 2.45) is 0 Å². The smallest absolute Gasteiger partial charge is 0.374 e. The van der Waals surface area contributed by atoms with E-state index in [0.29, 0.717) is 5.02 Å². The van der Waals surface area contributed by atoms with Crippen LogP contribution in [0.2, 0.25) is 15.1 Å². The second-order valence-corrected chi connectivity index (χ2v) is 4.83. The molecule has 0 saturated heterocycles. The Morgan fingerprint density at radius 3 is 2.25 bits per heavy atom. The molecule has 0 radical (unpaired) electrons. The lowest BCUT2D eigenvalue weighted by Gasteiger charge is -2.08. The molecule has 0 atom stereocenters. The van der Waals surface area contributed by atoms with Gasteiger partial charge in [0.1, 0.15) is 0 Å². The number of rotatable bonds is 3. The highest BCUT2D eigenvalue weighted by atomic mass is 35.5. The SMILES string of the molecule is O=C(Nc1c(Cl)cc(Cl)cc1Cl)c1cc(C(=O)O)on1. The summed E-state index contributed by atoms with van der Waals surface area (Å²) in [5.74, 6) is -2.50. The lowest BCUT2D eigenvalue weighted by molar-refractivity contribution is 0.0651. The van der Waals surface area contributed by atoms with Crippen LogP contribution in [-0.4, -0.2) is 22.1 Å². The number of amides is 1. The number of carbonyl (C=O) groups excluding carboxylic acids is 1. The average molecular weight is 336 g/mol. The molecule has 0 aliphatic rings. The van der Waals surface area contributed by atoms with Crippen molar-refractivity contribution in [3.05, 3.63) is 44.7 Å². The molecule has 20 heavy (non-hydrogen) atoms. The molecule has 0 spiro atoms. The lowest BCUT2D eigenvalue weighted by atomic mass is 10.3. The van der Waals surface area contributed by atoms with Crippen LogP contribution in [0.3, 0.4) is 0 Å². The number of nitrogens with one attached hydrogen (secondary N) is 1. The van der Waals surface area contributed by atoms with Gasteiger partial charge in [-0.05, 0) is 12.1 Å². The predicted molar refractivity (Wildman–Crippen MR) is 72.9 cm³/mol. The van der Waals surface area contributed by atoms with Gasteiger partial charge in [-0.15, -0.1) is 0 Å². The van der Waals surface area contributed by atoms with Gasteiger partial charge in [-0.2, -0.15) is 0 Å². The van der Waals surface area contributed by atoms with Crippen molar-refractivity contribution >= 4 is 52.4 Å². The first-order valence-electron chi connectivity index (χ1n) is 5.04. The van der Waals surface area contributed by atoms with E-state index in [0.717, 1.165) is 6.07 Å². The summed E-state index contributed by atoms with van der Waals surface area (Å²) in [5, 5.41) is 15.0. The molecular weight excluding hydrogens is 330 g/mol. The van der Waals surface area contributed by atoms with E-state index >= 15 is 0 Å². The van der Waals surface area contributed by atoms with E-state index in [2.05, 4.69) is 15.0 Å². The minimum atomic E-state index is -1.33. The molecule has 0 fully saturated rings. The summed E-state index contributed by atoms with van der Waals surface area (Å²) >= 11 is 17.5. The lowest BCUT2D eigenvalue weighted by Crippen LogP contribution is -2.13. The van der Waals surface area contributed by atoms with Crippen molar-refractivity contribution in [3.63, 3.8) is 0 Å². The zero-order chi connectivity index (χ0) is 14.9. The number of aromatic carboxylic acids is 1. The van der Waals surface area contributed by atoms with E-state index in [1.807, 2.05) is 0 Å². The van der Waals surface area contributed by atoms with Gasteiger partial charge in [-0.3, -0.25) is 4.79 Å². The zero-order valence-corrected chi connectivity index (χ0v) is 11.8. The summed E-state index contributed by atoms with van der Waals surface area (Å²) in [4.78, 5) is 22.5. The van der Waals surface area contributed by atoms with Crippen LogP contribution in [0, 0.1) is 0 Å². The summed E-state index contributed by atoms with van der Waals surface area (Å²) in [6, 6.07) is 3.78. The van der Waals surface area contributed by atoms with Crippen molar-refractivity contribution in [3.8, 4) is 0 Å². The van der Waals surface area contributed by atoms with Crippen molar-refractivity contribution in [2.75, 3.05) is 5.32 Å². The third-order valence-corrected chi connectivity index (χ3v) is 3.01. The van der Waals surface area contributed by atoms with Crippen molar-refractivity contribution in [1.82, 2.24) is 5.16 Å². The molecule has 1 aromatic heterocycles. The number of hydrogen-bond acceptors (Lipinski definition) is 4. The number of aromatic nitrogens is 1. The van der Waals surface area contributed by atoms with Crippen LogP contribution in [0.4, 0.5) is 5.69 Å². The maximum Gasteiger partial charge on any atom is 0.374 e. The fourth-order valence-electron chi connectivity index (χ4n) is 1.32. The summed E-state index contributed by atoms with van der Waals surface area (Å²) in [6.07, 6.45) is 0. The highest BCUT2D eigenvalue weighted by Crippen LogP contribution is 2.33. The van der Waals surface area contributed by atoms with Gasteiger partial charge in [0.2, 0.25) is 5.76 Å². The number of halogens is 3. The number of hydrogen-bond donors (Lipinski definition) is 2. The molecular formula is C11H5Cl3N2O4. The standard InChI is InChI=1S/C11H5Cl3N2O4/c12-4-1-5(13)9(6(14)2-4)15-10(17)7-3-8(11(18)19)20-16-7/h1-3H,(H,15,17)(H,18,19). The van der Waals surface area contributed by atoms with E-state index in [1.54, 1.807) is 0 Å². The number of carboxylic acids is 1. The van der Waals surface area contributed by atoms with E-state index in [1.165, 1.54) is 12.1 Å². The molecule has 2 rings (SSSR count). The molecule has 1 heterocycles. The fraction of sp³-hybridized carbons (Fsp3) is 0. The van der Waals surface area contributed by atoms with Gasteiger partial charge < -0.3 is 14.9 Å². The molecule has 2 aromatic rings. The molecule has 0 bridgehead atoms. The minimum absolute atomic E-state index is 0.137. The maximum atomic E-state index is 11.9. The van der Waals surface area contributed by atoms with Crippen molar-refractivity contribution in [2.45, 2.75) is 0 Å². The van der Waals surface area contributed by atoms with Gasteiger partial charge in [0.25, 0.3) is 5.91 Å². The normalized spacial score (nSPS) is 10.3. The molecule has 104 valence electrons. The summed E-state index contributed by atoms with van der Waals surface area (Å²) in [5.41, 5.74) is -0.0768. The Hall–Kier alpha value is -1.76. The Morgan fingerprint density at radius 2 is 1.75 bits per heavy atom. The zero-order valence-electron chi connectivity index (χ0n) is 9.49. The first kappa shape index (κ1) is 14.6. The van der Waals surface area contributed by atoms with E-state index in [-0.39, 0.29) is 21.4 Å². The Balaban J connectivity index is 2.25. The molecule has 0 saturated carbocycles. The van der Waals surface area contributed by atoms with Gasteiger partial charge in [0.05, 0.1) is 15.7 Å². The fourth-order valence-corrected chi connectivity index (χ4v) is 2.23. The first-order valence-corrected chi connectivity index (χ1v) is 6.18. The molecule has 0 aliphatic heterocycles. The Morgan fingerprint density at radius 1 is 1.15 bits per heavy atom. The molecule has 1 aromatic carbocycles. The van der Waals surface area contributed by atoms with Crippen LogP contribution in [0.1, 0.15) is 21.0 Å². The van der Waals surface area contributed by atoms with Crippen LogP contribution < -0.4 is 5.32 Å². The van der Waals surface area contributed by atoms with Crippen LogP contribution in [0.15, 0.2) is 22.7 Å².